The Hall–Kier alpha value is -2.72. The Balaban J connectivity index is 1.36. The van der Waals surface area contributed by atoms with Gasteiger partial charge in [0, 0.05) is 39.8 Å². The van der Waals surface area contributed by atoms with Gasteiger partial charge >= 0.3 is 0 Å². The second kappa shape index (κ2) is 35.4. The number of unbranched alkanes of at least 4 members (excludes halogenated alkanes) is 4. The first-order chi connectivity index (χ1) is 31.3. The van der Waals surface area contributed by atoms with Gasteiger partial charge in [0.05, 0.1) is 79.3 Å². The van der Waals surface area contributed by atoms with Crippen molar-refractivity contribution in [1.82, 2.24) is 26.2 Å². The lowest BCUT2D eigenvalue weighted by Gasteiger charge is -2.42. The molecule has 2 fully saturated rings. The minimum absolute atomic E-state index is 0.0178. The van der Waals surface area contributed by atoms with Crippen molar-refractivity contribution in [2.75, 3.05) is 112 Å². The van der Waals surface area contributed by atoms with Gasteiger partial charge in [0.15, 0.2) is 12.6 Å². The van der Waals surface area contributed by atoms with E-state index in [4.69, 9.17) is 37.9 Å². The van der Waals surface area contributed by atoms with Crippen LogP contribution in [0.4, 0.5) is 0 Å². The zero-order chi connectivity index (χ0) is 47.8. The topological polar surface area (TPSA) is 315 Å². The smallest absolute Gasteiger partial charge is 0.220 e. The molecule has 23 heteroatoms. The highest BCUT2D eigenvalue weighted by molar-refractivity contribution is 5.76. The Bertz CT molecular complexity index is 1200. The summed E-state index contributed by atoms with van der Waals surface area (Å²) in [6, 6.07) is -2.03. The highest BCUT2D eigenvalue weighted by Gasteiger charge is 2.46. The molecule has 0 spiro atoms. The molecular formula is C42H79N5O18. The number of rotatable bonds is 37. The van der Waals surface area contributed by atoms with Gasteiger partial charge in [0.25, 0.3) is 0 Å². The molecule has 380 valence electrons. The molecule has 0 aromatic rings. The predicted molar refractivity (Wildman–Crippen MR) is 231 cm³/mol. The van der Waals surface area contributed by atoms with Crippen molar-refractivity contribution in [1.29, 1.82) is 0 Å². The summed E-state index contributed by atoms with van der Waals surface area (Å²) in [5.74, 6) is -0.909. The molecule has 10 atom stereocenters. The molecule has 2 aliphatic rings. The van der Waals surface area contributed by atoms with Gasteiger partial charge in [-0.05, 0) is 45.3 Å². The van der Waals surface area contributed by atoms with Crippen molar-refractivity contribution in [3.8, 4) is 0 Å². The van der Waals surface area contributed by atoms with Crippen molar-refractivity contribution in [2.45, 2.75) is 133 Å². The summed E-state index contributed by atoms with van der Waals surface area (Å²) in [6.07, 6.45) is -3.41. The minimum Gasteiger partial charge on any atom is -0.394 e. The third-order valence-electron chi connectivity index (χ3n) is 10.6. The van der Waals surface area contributed by atoms with Crippen LogP contribution in [-0.4, -0.2) is 232 Å². The predicted octanol–water partition coefficient (Wildman–Crippen LogP) is -3.35. The minimum atomic E-state index is -1.38. The van der Waals surface area contributed by atoms with E-state index < -0.39 is 86.3 Å². The molecule has 2 aliphatic heterocycles. The molecule has 65 heavy (non-hydrogen) atoms. The number of carbonyl (C=O) groups excluding carboxylic acids is 4. The summed E-state index contributed by atoms with van der Waals surface area (Å²) < 4.78 is 44.1. The standard InChI is InChI=1S/C42H79N5O18/c1-4-47(15-9-5-7-11-33(52)43-13-17-58-19-21-60-23-25-62-41-35(45-29(2)50)39(56)37(54)31(27-48)64-41)16-10-6-8-12-34(53)44-14-18-59-20-22-61-24-26-63-42-36(46-30(3)51)40(57)38(55)32(28-49)65-42/h31-32,35-42,48-49,54-57H,4-28H2,1-3H3,(H,43,52)(H,44,53)(H,45,50)(H,46,51)/t31?,32?,35?,36?,37-,38-,39+,40+,41+,42+/m0/s1. The summed E-state index contributed by atoms with van der Waals surface area (Å²) in [7, 11) is 0. The van der Waals surface area contributed by atoms with Gasteiger partial charge in [-0.25, -0.2) is 0 Å². The number of nitrogens with zero attached hydrogens (tertiary/aromatic N) is 1. The first-order valence-electron chi connectivity index (χ1n) is 22.9. The van der Waals surface area contributed by atoms with Crippen molar-refractivity contribution < 1.29 is 87.7 Å². The van der Waals surface area contributed by atoms with Gasteiger partial charge in [0.1, 0.15) is 48.7 Å². The van der Waals surface area contributed by atoms with Crippen LogP contribution in [0.1, 0.15) is 72.1 Å². The molecule has 10 N–H and O–H groups in total. The summed E-state index contributed by atoms with van der Waals surface area (Å²) >= 11 is 0. The normalized spacial score (nSPS) is 25.6. The molecule has 0 aromatic carbocycles. The van der Waals surface area contributed by atoms with Gasteiger partial charge in [-0.1, -0.05) is 19.8 Å². The Morgan fingerprint density at radius 3 is 1.25 bits per heavy atom. The number of amides is 4. The van der Waals surface area contributed by atoms with Crippen molar-refractivity contribution in [2.24, 2.45) is 0 Å². The van der Waals surface area contributed by atoms with E-state index in [0.717, 1.165) is 58.2 Å². The van der Waals surface area contributed by atoms with E-state index in [1.165, 1.54) is 13.8 Å². The molecule has 4 unspecified atom stereocenters. The van der Waals surface area contributed by atoms with Crippen LogP contribution in [0, 0.1) is 0 Å². The van der Waals surface area contributed by atoms with E-state index >= 15 is 0 Å². The zero-order valence-corrected chi connectivity index (χ0v) is 38.5. The summed E-state index contributed by atoms with van der Waals surface area (Å²) in [5, 5.41) is 70.3. The van der Waals surface area contributed by atoms with E-state index in [-0.39, 0.29) is 51.5 Å². The number of hydrogen-bond acceptors (Lipinski definition) is 19. The lowest BCUT2D eigenvalue weighted by Crippen LogP contribution is -2.64. The van der Waals surface area contributed by atoms with Crippen molar-refractivity contribution >= 4 is 23.6 Å². The lowest BCUT2D eigenvalue weighted by atomic mass is 9.97. The number of aliphatic hydroxyl groups excluding tert-OH is 6. The fraction of sp³-hybridized carbons (Fsp3) is 0.905. The molecule has 0 aliphatic carbocycles. The fourth-order valence-electron chi connectivity index (χ4n) is 7.04. The Kier molecular flexibility index (Phi) is 31.8. The van der Waals surface area contributed by atoms with Crippen LogP contribution < -0.4 is 21.3 Å². The van der Waals surface area contributed by atoms with Crippen LogP contribution in [0.3, 0.4) is 0 Å². The number of aliphatic hydroxyl groups is 6. The highest BCUT2D eigenvalue weighted by Crippen LogP contribution is 2.23. The Morgan fingerprint density at radius 1 is 0.523 bits per heavy atom. The maximum atomic E-state index is 12.2. The van der Waals surface area contributed by atoms with Gasteiger partial charge in [-0.15, -0.1) is 0 Å². The first kappa shape index (κ1) is 58.4. The monoisotopic (exact) mass is 942 g/mol. The van der Waals surface area contributed by atoms with E-state index in [1.807, 2.05) is 0 Å². The molecule has 2 saturated heterocycles. The zero-order valence-electron chi connectivity index (χ0n) is 38.5. The highest BCUT2D eigenvalue weighted by atomic mass is 16.7. The summed E-state index contributed by atoms with van der Waals surface area (Å²) in [5.41, 5.74) is 0. The molecule has 2 heterocycles. The van der Waals surface area contributed by atoms with Crippen LogP contribution in [-0.2, 0) is 57.1 Å². The van der Waals surface area contributed by atoms with Gasteiger partial charge in [-0.2, -0.15) is 0 Å². The molecule has 0 aromatic heterocycles. The van der Waals surface area contributed by atoms with Crippen LogP contribution in [0.15, 0.2) is 0 Å². The number of hydrogen-bond donors (Lipinski definition) is 10. The van der Waals surface area contributed by atoms with E-state index in [1.54, 1.807) is 0 Å². The molecule has 0 radical (unpaired) electrons. The Labute approximate surface area is 382 Å². The average Bonchev–Trinajstić information content (AvgIpc) is 3.28. The quantitative estimate of drug-likeness (QED) is 0.0272. The van der Waals surface area contributed by atoms with Crippen LogP contribution in [0.5, 0.6) is 0 Å². The molecule has 2 rings (SSSR count). The largest absolute Gasteiger partial charge is 0.394 e. The molecular weight excluding hydrogens is 862 g/mol. The van der Waals surface area contributed by atoms with E-state index in [2.05, 4.69) is 33.1 Å². The van der Waals surface area contributed by atoms with E-state index in [0.29, 0.717) is 52.4 Å². The molecule has 0 saturated carbocycles. The van der Waals surface area contributed by atoms with Crippen molar-refractivity contribution in [3.63, 3.8) is 0 Å². The Morgan fingerprint density at radius 2 is 0.892 bits per heavy atom. The second-order valence-corrected chi connectivity index (χ2v) is 15.8. The maximum Gasteiger partial charge on any atom is 0.220 e. The maximum absolute atomic E-state index is 12.2. The van der Waals surface area contributed by atoms with Crippen molar-refractivity contribution in [3.05, 3.63) is 0 Å². The second-order valence-electron chi connectivity index (χ2n) is 15.8. The van der Waals surface area contributed by atoms with E-state index in [9.17, 15) is 49.8 Å². The lowest BCUT2D eigenvalue weighted by molar-refractivity contribution is -0.272. The SMILES string of the molecule is CCN(CCCCCC(=O)NCCOCCOCCO[C@@H]1OC(CO)[C@H](O)[C@H](O)C1NC(C)=O)CCCCCC(=O)NCCOCCOCCO[C@@H]1OC(CO)[C@H](O)[C@H](O)C1NC(C)=O. The number of ether oxygens (including phenoxy) is 8. The van der Waals surface area contributed by atoms with Gasteiger partial charge < -0.3 is 94.7 Å². The average molecular weight is 942 g/mol. The van der Waals surface area contributed by atoms with Crippen LogP contribution >= 0.6 is 0 Å². The van der Waals surface area contributed by atoms with Gasteiger partial charge in [0.2, 0.25) is 23.6 Å². The summed E-state index contributed by atoms with van der Waals surface area (Å²) in [6.45, 7) is 9.58. The first-order valence-corrected chi connectivity index (χ1v) is 22.9. The number of nitrogens with one attached hydrogen (secondary N) is 4. The van der Waals surface area contributed by atoms with Crippen LogP contribution in [0.2, 0.25) is 0 Å². The molecule has 0 bridgehead atoms. The third-order valence-corrected chi connectivity index (χ3v) is 10.6. The molecule has 4 amide bonds. The third kappa shape index (κ3) is 24.7. The fourth-order valence-corrected chi connectivity index (χ4v) is 7.04. The summed E-state index contributed by atoms with van der Waals surface area (Å²) in [4.78, 5) is 49.8. The molecule has 23 nitrogen and oxygen atoms in total. The number of carbonyl (C=O) groups is 4. The van der Waals surface area contributed by atoms with Gasteiger partial charge in [-0.3, -0.25) is 19.2 Å². The van der Waals surface area contributed by atoms with Crippen LogP contribution in [0.25, 0.3) is 0 Å².